The van der Waals surface area contributed by atoms with E-state index in [-0.39, 0.29) is 36.1 Å². The lowest BCUT2D eigenvalue weighted by molar-refractivity contribution is -0.384. The van der Waals surface area contributed by atoms with Gasteiger partial charge in [0, 0.05) is 37.2 Å². The van der Waals surface area contributed by atoms with Crippen LogP contribution in [0.1, 0.15) is 41.6 Å². The molecule has 3 aromatic rings. The van der Waals surface area contributed by atoms with Crippen molar-refractivity contribution in [2.45, 2.75) is 44.8 Å². The van der Waals surface area contributed by atoms with Gasteiger partial charge < -0.3 is 15.1 Å². The summed E-state index contributed by atoms with van der Waals surface area (Å²) in [6.45, 7) is 0.587. The van der Waals surface area contributed by atoms with Gasteiger partial charge in [0.15, 0.2) is 5.58 Å². The van der Waals surface area contributed by atoms with Crippen molar-refractivity contribution in [1.82, 2.24) is 15.2 Å². The molecule has 1 aliphatic rings. The molecule has 1 fully saturated rings. The van der Waals surface area contributed by atoms with Gasteiger partial charge in [-0.2, -0.15) is 0 Å². The van der Waals surface area contributed by atoms with Crippen molar-refractivity contribution in [1.29, 1.82) is 0 Å². The molecular weight excluding hydrogens is 416 g/mol. The van der Waals surface area contributed by atoms with Crippen molar-refractivity contribution in [3.05, 3.63) is 74.3 Å². The van der Waals surface area contributed by atoms with Gasteiger partial charge in [0.25, 0.3) is 11.6 Å². The quantitative estimate of drug-likeness (QED) is 0.389. The summed E-state index contributed by atoms with van der Waals surface area (Å²) >= 11 is 0. The molecule has 0 aliphatic heterocycles. The Hall–Kier alpha value is -3.95. The smallest absolute Gasteiger partial charge is 0.407 e. The van der Waals surface area contributed by atoms with E-state index in [0.29, 0.717) is 30.1 Å². The third kappa shape index (κ3) is 5.02. The van der Waals surface area contributed by atoms with Crippen LogP contribution in [0.2, 0.25) is 0 Å². The summed E-state index contributed by atoms with van der Waals surface area (Å²) in [6, 6.07) is 11.4. The van der Waals surface area contributed by atoms with Crippen LogP contribution < -0.4 is 16.4 Å². The van der Waals surface area contributed by atoms with Crippen molar-refractivity contribution in [3.8, 4) is 0 Å². The van der Waals surface area contributed by atoms with Crippen LogP contribution in [0, 0.1) is 10.1 Å². The lowest BCUT2D eigenvalue weighted by Gasteiger charge is -2.07. The minimum Gasteiger partial charge on any atom is -0.407 e. The molecule has 166 valence electrons. The largest absolute Gasteiger partial charge is 0.419 e. The Morgan fingerprint density at radius 2 is 1.91 bits per heavy atom. The number of rotatable bonds is 9. The maximum Gasteiger partial charge on any atom is 0.419 e. The minimum absolute atomic E-state index is 0.0836. The number of aromatic nitrogens is 1. The number of carbonyl (C=O) groups excluding carboxylic acids is 2. The number of carbonyl (C=O) groups is 2. The number of benzene rings is 2. The second-order valence-corrected chi connectivity index (χ2v) is 7.75. The molecule has 0 atom stereocenters. The summed E-state index contributed by atoms with van der Waals surface area (Å²) < 4.78 is 6.44. The number of fused-ring (bicyclic) bond motifs is 1. The number of hydrogen-bond donors (Lipinski definition) is 2. The van der Waals surface area contributed by atoms with Crippen molar-refractivity contribution < 1.29 is 18.9 Å². The average Bonchev–Trinajstić information content (AvgIpc) is 3.54. The molecule has 2 N–H and O–H groups in total. The van der Waals surface area contributed by atoms with Gasteiger partial charge >= 0.3 is 5.76 Å². The Morgan fingerprint density at radius 3 is 2.59 bits per heavy atom. The number of nitro groups is 1. The van der Waals surface area contributed by atoms with Crippen molar-refractivity contribution in [2.24, 2.45) is 0 Å². The predicted octanol–water partition coefficient (Wildman–Crippen LogP) is 2.49. The summed E-state index contributed by atoms with van der Waals surface area (Å²) in [6.07, 6.45) is 2.67. The summed E-state index contributed by atoms with van der Waals surface area (Å²) in [5.74, 6) is -0.872. The first-order valence-electron chi connectivity index (χ1n) is 10.3. The molecule has 1 heterocycles. The third-order valence-corrected chi connectivity index (χ3v) is 5.27. The highest BCUT2D eigenvalue weighted by Crippen LogP contribution is 2.21. The molecule has 10 heteroatoms. The number of amides is 2. The number of non-ortho nitro benzene ring substituents is 1. The highest BCUT2D eigenvalue weighted by atomic mass is 16.6. The molecule has 1 saturated carbocycles. The van der Waals surface area contributed by atoms with E-state index in [0.717, 1.165) is 18.4 Å². The van der Waals surface area contributed by atoms with E-state index in [1.807, 2.05) is 0 Å². The normalized spacial score (nSPS) is 13.1. The summed E-state index contributed by atoms with van der Waals surface area (Å²) in [4.78, 5) is 46.5. The minimum atomic E-state index is -0.619. The lowest BCUT2D eigenvalue weighted by atomic mass is 10.1. The van der Waals surface area contributed by atoms with Gasteiger partial charge in [-0.15, -0.1) is 0 Å². The van der Waals surface area contributed by atoms with Gasteiger partial charge in [-0.3, -0.25) is 24.3 Å². The molecule has 1 aliphatic carbocycles. The standard InChI is InChI=1S/C22H22N4O6/c27-20(23-13-14-3-5-15(6-4-14)21(28)24-16-7-8-16)2-1-11-25-18-10-9-17(26(30)31)12-19(18)32-22(25)29/h3-6,9-10,12,16H,1-2,7-8,11,13H2,(H,23,27)(H,24,28). The van der Waals surface area contributed by atoms with Gasteiger partial charge in [0.2, 0.25) is 5.91 Å². The molecule has 2 amide bonds. The molecule has 0 saturated heterocycles. The van der Waals surface area contributed by atoms with E-state index < -0.39 is 10.7 Å². The van der Waals surface area contributed by atoms with E-state index in [2.05, 4.69) is 10.6 Å². The van der Waals surface area contributed by atoms with E-state index in [1.54, 1.807) is 24.3 Å². The molecule has 10 nitrogen and oxygen atoms in total. The zero-order valence-corrected chi connectivity index (χ0v) is 17.2. The highest BCUT2D eigenvalue weighted by molar-refractivity contribution is 5.94. The second-order valence-electron chi connectivity index (χ2n) is 7.75. The monoisotopic (exact) mass is 438 g/mol. The van der Waals surface area contributed by atoms with Crippen LogP contribution in [0.3, 0.4) is 0 Å². The topological polar surface area (TPSA) is 136 Å². The number of nitrogens with one attached hydrogen (secondary N) is 2. The summed E-state index contributed by atoms with van der Waals surface area (Å²) in [5, 5.41) is 16.6. The lowest BCUT2D eigenvalue weighted by Crippen LogP contribution is -2.25. The Morgan fingerprint density at radius 1 is 1.16 bits per heavy atom. The first-order chi connectivity index (χ1) is 15.4. The van der Waals surface area contributed by atoms with E-state index in [9.17, 15) is 24.5 Å². The first kappa shape index (κ1) is 21.3. The van der Waals surface area contributed by atoms with Gasteiger partial charge in [-0.25, -0.2) is 4.79 Å². The molecule has 1 aromatic heterocycles. The van der Waals surface area contributed by atoms with Crippen molar-refractivity contribution in [2.75, 3.05) is 0 Å². The fraction of sp³-hybridized carbons (Fsp3) is 0.318. The summed E-state index contributed by atoms with van der Waals surface area (Å²) in [5.41, 5.74) is 1.90. The van der Waals surface area contributed by atoms with Gasteiger partial charge in [0.05, 0.1) is 16.5 Å². The van der Waals surface area contributed by atoms with Crippen molar-refractivity contribution in [3.63, 3.8) is 0 Å². The Labute approximate surface area is 182 Å². The summed E-state index contributed by atoms with van der Waals surface area (Å²) in [7, 11) is 0. The Bertz CT molecular complexity index is 1220. The second kappa shape index (κ2) is 9.04. The van der Waals surface area contributed by atoms with E-state index in [4.69, 9.17) is 4.42 Å². The van der Waals surface area contributed by atoms with Crippen LogP contribution in [0.25, 0.3) is 11.1 Å². The van der Waals surface area contributed by atoms with E-state index >= 15 is 0 Å². The maximum absolute atomic E-state index is 12.2. The van der Waals surface area contributed by atoms with Gasteiger partial charge in [-0.1, -0.05) is 12.1 Å². The average molecular weight is 438 g/mol. The van der Waals surface area contributed by atoms with Crippen LogP contribution in [0.5, 0.6) is 0 Å². The molecule has 4 rings (SSSR count). The Kier molecular flexibility index (Phi) is 6.02. The maximum atomic E-state index is 12.2. The third-order valence-electron chi connectivity index (χ3n) is 5.27. The van der Waals surface area contributed by atoms with E-state index in [1.165, 1.54) is 22.8 Å². The zero-order chi connectivity index (χ0) is 22.7. The van der Waals surface area contributed by atoms with Crippen LogP contribution in [-0.2, 0) is 17.9 Å². The fourth-order valence-corrected chi connectivity index (χ4v) is 3.34. The molecular formula is C22H22N4O6. The zero-order valence-electron chi connectivity index (χ0n) is 17.2. The van der Waals surface area contributed by atoms with Crippen LogP contribution >= 0.6 is 0 Å². The molecule has 0 spiro atoms. The van der Waals surface area contributed by atoms with Crippen LogP contribution in [0.15, 0.2) is 51.7 Å². The van der Waals surface area contributed by atoms with Crippen LogP contribution in [-0.4, -0.2) is 27.3 Å². The van der Waals surface area contributed by atoms with Crippen LogP contribution in [0.4, 0.5) is 5.69 Å². The van der Waals surface area contributed by atoms with Crippen molar-refractivity contribution >= 4 is 28.6 Å². The SMILES string of the molecule is O=C(CCCn1c(=O)oc2cc([N+](=O)[O-])ccc21)NCc1ccc(C(=O)NC2CC2)cc1. The number of oxazole rings is 1. The molecule has 32 heavy (non-hydrogen) atoms. The number of nitrogens with zero attached hydrogens (tertiary/aromatic N) is 2. The number of hydrogen-bond acceptors (Lipinski definition) is 6. The predicted molar refractivity (Wildman–Crippen MR) is 115 cm³/mol. The molecule has 0 bridgehead atoms. The molecule has 0 unspecified atom stereocenters. The number of aryl methyl sites for hydroxylation is 1. The molecule has 0 radical (unpaired) electrons. The van der Waals surface area contributed by atoms with Gasteiger partial charge in [0.1, 0.15) is 0 Å². The first-order valence-corrected chi connectivity index (χ1v) is 10.3. The Balaban J connectivity index is 1.25. The van der Waals surface area contributed by atoms with Gasteiger partial charge in [-0.05, 0) is 43.0 Å². The number of nitro benzene ring substituents is 1. The molecule has 2 aromatic carbocycles. The fourth-order valence-electron chi connectivity index (χ4n) is 3.34. The highest BCUT2D eigenvalue weighted by Gasteiger charge is 2.23.